The molecule has 156 valence electrons. The first-order valence-corrected chi connectivity index (χ1v) is 9.87. The van der Waals surface area contributed by atoms with Gasteiger partial charge < -0.3 is 5.32 Å². The van der Waals surface area contributed by atoms with Crippen molar-refractivity contribution in [3.63, 3.8) is 0 Å². The number of rotatable bonds is 6. The van der Waals surface area contributed by atoms with E-state index < -0.39 is 11.7 Å². The lowest BCUT2D eigenvalue weighted by molar-refractivity contribution is -0.137. The first kappa shape index (κ1) is 21.3. The van der Waals surface area contributed by atoms with Gasteiger partial charge in [-0.25, -0.2) is 0 Å². The maximum Gasteiger partial charge on any atom is 0.416 e. The van der Waals surface area contributed by atoms with Gasteiger partial charge in [0.25, 0.3) is 0 Å². The number of aromatic nitrogens is 1. The molecular weight excluding hydrogens is 379 g/mol. The molecule has 0 radical (unpaired) electrons. The number of carbonyl (C=O) groups is 1. The molecule has 1 aromatic carbocycles. The van der Waals surface area contributed by atoms with E-state index in [-0.39, 0.29) is 5.91 Å². The van der Waals surface area contributed by atoms with E-state index >= 15 is 0 Å². The van der Waals surface area contributed by atoms with E-state index in [4.69, 9.17) is 0 Å². The van der Waals surface area contributed by atoms with E-state index in [1.54, 1.807) is 12.3 Å². The molecule has 1 saturated heterocycles. The van der Waals surface area contributed by atoms with Gasteiger partial charge in [0, 0.05) is 19.2 Å². The molecule has 29 heavy (non-hydrogen) atoms. The monoisotopic (exact) mass is 405 g/mol. The summed E-state index contributed by atoms with van der Waals surface area (Å²) < 4.78 is 38.6. The lowest BCUT2D eigenvalue weighted by Gasteiger charge is -2.31. The normalized spacial score (nSPS) is 16.0. The van der Waals surface area contributed by atoms with Crippen molar-refractivity contribution in [1.29, 1.82) is 0 Å². The average Bonchev–Trinajstić information content (AvgIpc) is 2.68. The lowest BCUT2D eigenvalue weighted by atomic mass is 9.93. The Labute approximate surface area is 169 Å². The van der Waals surface area contributed by atoms with Gasteiger partial charge in [0.1, 0.15) is 0 Å². The van der Waals surface area contributed by atoms with E-state index in [9.17, 15) is 18.0 Å². The summed E-state index contributed by atoms with van der Waals surface area (Å²) in [6, 6.07) is 9.34. The summed E-state index contributed by atoms with van der Waals surface area (Å²) in [5.74, 6) is 0.323. The summed E-state index contributed by atoms with van der Waals surface area (Å²) in [4.78, 5) is 18.7. The zero-order valence-corrected chi connectivity index (χ0v) is 16.5. The molecule has 1 fully saturated rings. The Hall–Kier alpha value is -2.41. The second kappa shape index (κ2) is 9.39. The first-order chi connectivity index (χ1) is 13.8. The van der Waals surface area contributed by atoms with Crippen LogP contribution >= 0.6 is 0 Å². The number of pyridine rings is 1. The molecule has 2 aromatic rings. The number of likely N-dealkylation sites (tertiary alicyclic amines) is 1. The molecule has 1 amide bonds. The topological polar surface area (TPSA) is 45.2 Å². The van der Waals surface area contributed by atoms with Gasteiger partial charge in [0.15, 0.2) is 0 Å². The van der Waals surface area contributed by atoms with Gasteiger partial charge in [0.2, 0.25) is 5.91 Å². The van der Waals surface area contributed by atoms with Crippen molar-refractivity contribution in [2.75, 3.05) is 13.1 Å². The van der Waals surface area contributed by atoms with E-state index in [2.05, 4.69) is 15.2 Å². The standard InChI is InChI=1S/C22H26F3N3O/c1-16-4-3-9-26-20(16)14-27-21(29)13-17-7-10-28(11-8-17)15-18-5-2-6-19(12-18)22(23,24)25/h2-6,9,12,17H,7-8,10-11,13-15H2,1H3,(H,27,29). The fourth-order valence-corrected chi connectivity index (χ4v) is 3.67. The van der Waals surface area contributed by atoms with Gasteiger partial charge in [-0.1, -0.05) is 24.3 Å². The summed E-state index contributed by atoms with van der Waals surface area (Å²) in [5.41, 5.74) is 1.99. The molecule has 0 spiro atoms. The molecule has 0 aliphatic carbocycles. The third-order valence-corrected chi connectivity index (χ3v) is 5.41. The Morgan fingerprint density at radius 3 is 2.66 bits per heavy atom. The molecule has 7 heteroatoms. The Bertz CT molecular complexity index is 830. The number of aryl methyl sites for hydroxylation is 1. The Kier molecular flexibility index (Phi) is 6.90. The zero-order valence-electron chi connectivity index (χ0n) is 16.5. The molecule has 1 aliphatic heterocycles. The number of hydrogen-bond donors (Lipinski definition) is 1. The van der Waals surface area contributed by atoms with Crippen LogP contribution in [0.2, 0.25) is 0 Å². The molecule has 1 aromatic heterocycles. The van der Waals surface area contributed by atoms with Crippen molar-refractivity contribution < 1.29 is 18.0 Å². The smallest absolute Gasteiger partial charge is 0.350 e. The third kappa shape index (κ3) is 6.29. The van der Waals surface area contributed by atoms with E-state index in [0.717, 1.165) is 43.3 Å². The SMILES string of the molecule is Cc1cccnc1CNC(=O)CC1CCN(Cc2cccc(C(F)(F)F)c2)CC1. The molecule has 0 bridgehead atoms. The van der Waals surface area contributed by atoms with Gasteiger partial charge in [-0.2, -0.15) is 13.2 Å². The maximum atomic E-state index is 12.9. The molecule has 1 aliphatic rings. The number of nitrogens with one attached hydrogen (secondary N) is 1. The van der Waals surface area contributed by atoms with Crippen molar-refractivity contribution in [3.8, 4) is 0 Å². The van der Waals surface area contributed by atoms with Crippen LogP contribution in [0.25, 0.3) is 0 Å². The number of amides is 1. The Morgan fingerprint density at radius 1 is 1.21 bits per heavy atom. The average molecular weight is 405 g/mol. The summed E-state index contributed by atoms with van der Waals surface area (Å²) >= 11 is 0. The number of hydrogen-bond acceptors (Lipinski definition) is 3. The fraction of sp³-hybridized carbons (Fsp3) is 0.455. The highest BCUT2D eigenvalue weighted by Crippen LogP contribution is 2.30. The summed E-state index contributed by atoms with van der Waals surface area (Å²) in [5, 5.41) is 2.94. The number of carbonyl (C=O) groups excluding carboxylic acids is 1. The van der Waals surface area contributed by atoms with Crippen molar-refractivity contribution in [1.82, 2.24) is 15.2 Å². The van der Waals surface area contributed by atoms with Gasteiger partial charge in [-0.05, 0) is 62.0 Å². The number of alkyl halides is 3. The van der Waals surface area contributed by atoms with Crippen LogP contribution in [0.1, 0.15) is 41.6 Å². The number of nitrogens with zero attached hydrogens (tertiary/aromatic N) is 2. The first-order valence-electron chi connectivity index (χ1n) is 9.87. The van der Waals surface area contributed by atoms with Crippen LogP contribution in [0.3, 0.4) is 0 Å². The summed E-state index contributed by atoms with van der Waals surface area (Å²) in [6.07, 6.45) is -0.383. The lowest BCUT2D eigenvalue weighted by Crippen LogP contribution is -2.35. The summed E-state index contributed by atoms with van der Waals surface area (Å²) in [6.45, 7) is 4.47. The van der Waals surface area contributed by atoms with Crippen LogP contribution in [-0.2, 0) is 24.1 Å². The van der Waals surface area contributed by atoms with Crippen molar-refractivity contribution >= 4 is 5.91 Å². The van der Waals surface area contributed by atoms with Crippen LogP contribution in [-0.4, -0.2) is 28.9 Å². The molecule has 1 N–H and O–H groups in total. The molecule has 2 heterocycles. The second-order valence-electron chi connectivity index (χ2n) is 7.67. The Balaban J connectivity index is 1.42. The number of piperidine rings is 1. The van der Waals surface area contributed by atoms with E-state index in [1.165, 1.54) is 12.1 Å². The highest BCUT2D eigenvalue weighted by molar-refractivity contribution is 5.76. The molecular formula is C22H26F3N3O. The van der Waals surface area contributed by atoms with Crippen molar-refractivity contribution in [2.24, 2.45) is 5.92 Å². The van der Waals surface area contributed by atoms with Crippen molar-refractivity contribution in [2.45, 2.75) is 45.5 Å². The fourth-order valence-electron chi connectivity index (χ4n) is 3.67. The van der Waals surface area contributed by atoms with Crippen LogP contribution in [0.5, 0.6) is 0 Å². The summed E-state index contributed by atoms with van der Waals surface area (Å²) in [7, 11) is 0. The van der Waals surface area contributed by atoms with Crippen LogP contribution < -0.4 is 5.32 Å². The van der Waals surface area contributed by atoms with Crippen LogP contribution in [0.15, 0.2) is 42.6 Å². The molecule has 3 rings (SSSR count). The largest absolute Gasteiger partial charge is 0.416 e. The third-order valence-electron chi connectivity index (χ3n) is 5.41. The maximum absolute atomic E-state index is 12.9. The highest BCUT2D eigenvalue weighted by atomic mass is 19.4. The highest BCUT2D eigenvalue weighted by Gasteiger charge is 2.30. The van der Waals surface area contributed by atoms with Gasteiger partial charge in [0.05, 0.1) is 17.8 Å². The molecule has 0 unspecified atom stereocenters. The van der Waals surface area contributed by atoms with Gasteiger partial charge in [-0.3, -0.25) is 14.7 Å². The predicted molar refractivity (Wildman–Crippen MR) is 105 cm³/mol. The predicted octanol–water partition coefficient (Wildman–Crippen LogP) is 4.33. The Morgan fingerprint density at radius 2 is 1.97 bits per heavy atom. The quantitative estimate of drug-likeness (QED) is 0.778. The second-order valence-corrected chi connectivity index (χ2v) is 7.67. The van der Waals surface area contributed by atoms with E-state index in [0.29, 0.717) is 31.0 Å². The molecule has 4 nitrogen and oxygen atoms in total. The van der Waals surface area contributed by atoms with Gasteiger partial charge in [-0.15, -0.1) is 0 Å². The number of benzene rings is 1. The number of halogens is 3. The molecule has 0 saturated carbocycles. The minimum Gasteiger partial charge on any atom is -0.350 e. The molecule has 0 atom stereocenters. The van der Waals surface area contributed by atoms with Crippen LogP contribution in [0.4, 0.5) is 13.2 Å². The minimum absolute atomic E-state index is 0.0198. The minimum atomic E-state index is -4.32. The van der Waals surface area contributed by atoms with E-state index in [1.807, 2.05) is 19.1 Å². The van der Waals surface area contributed by atoms with Crippen molar-refractivity contribution in [3.05, 3.63) is 65.0 Å². The van der Waals surface area contributed by atoms with Crippen LogP contribution in [0, 0.1) is 12.8 Å². The van der Waals surface area contributed by atoms with Gasteiger partial charge >= 0.3 is 6.18 Å². The zero-order chi connectivity index (χ0) is 20.9.